The van der Waals surface area contributed by atoms with Crippen molar-refractivity contribution in [1.82, 2.24) is 9.71 Å². The van der Waals surface area contributed by atoms with Gasteiger partial charge in [-0.15, -0.1) is 0 Å². The second-order valence-corrected chi connectivity index (χ2v) is 8.39. The van der Waals surface area contributed by atoms with Crippen LogP contribution in [0.25, 0.3) is 0 Å². The molecule has 0 saturated carbocycles. The molecule has 0 unspecified atom stereocenters. The van der Waals surface area contributed by atoms with Gasteiger partial charge in [-0.1, -0.05) is 53.6 Å². The zero-order valence-electron chi connectivity index (χ0n) is 14.3. The van der Waals surface area contributed by atoms with Crippen molar-refractivity contribution in [3.05, 3.63) is 75.2 Å². The van der Waals surface area contributed by atoms with Gasteiger partial charge in [-0.05, 0) is 45.8 Å². The number of nitrogens with one attached hydrogen (secondary N) is 1. The lowest BCUT2D eigenvalue weighted by Gasteiger charge is -2.22. The van der Waals surface area contributed by atoms with E-state index in [4.69, 9.17) is 5.26 Å². The molecule has 8 heteroatoms. The number of amides is 1. The molecule has 3 rings (SSSR count). The number of nitrogens with zero attached hydrogens (tertiary/aromatic N) is 3. The van der Waals surface area contributed by atoms with Crippen LogP contribution in [-0.2, 0) is 6.54 Å². The van der Waals surface area contributed by atoms with Crippen LogP contribution in [0, 0.1) is 11.3 Å². The molecule has 0 bridgehead atoms. The van der Waals surface area contributed by atoms with Crippen LogP contribution >= 0.6 is 39.2 Å². The summed E-state index contributed by atoms with van der Waals surface area (Å²) in [5, 5.41) is 9.74. The van der Waals surface area contributed by atoms with E-state index < -0.39 is 0 Å². The first kappa shape index (κ1) is 19.4. The molecule has 136 valence electrons. The highest BCUT2D eigenvalue weighted by Crippen LogP contribution is 2.36. The summed E-state index contributed by atoms with van der Waals surface area (Å²) in [5.74, 6) is -0.239. The van der Waals surface area contributed by atoms with E-state index >= 15 is 0 Å². The zero-order valence-corrected chi connectivity index (χ0v) is 17.6. The van der Waals surface area contributed by atoms with Crippen LogP contribution in [-0.4, -0.2) is 17.1 Å². The molecule has 1 N–H and O–H groups in total. The van der Waals surface area contributed by atoms with E-state index in [2.05, 4.69) is 31.7 Å². The number of rotatable bonds is 6. The zero-order chi connectivity index (χ0) is 19.2. The van der Waals surface area contributed by atoms with Crippen LogP contribution in [0.15, 0.2) is 58.4 Å². The quantitative estimate of drug-likeness (QED) is 0.518. The predicted octanol–water partition coefficient (Wildman–Crippen LogP) is 5.12. The average molecular weight is 459 g/mol. The molecule has 0 saturated heterocycles. The number of carbonyl (C=O) groups is 1. The lowest BCUT2D eigenvalue weighted by molar-refractivity contribution is 0.0980. The molecular formula is C19H15BrN4OS2. The number of thiazole rings is 1. The van der Waals surface area contributed by atoms with Crippen molar-refractivity contribution in [2.45, 2.75) is 6.54 Å². The summed E-state index contributed by atoms with van der Waals surface area (Å²) >= 11 is 6.08. The maximum absolute atomic E-state index is 12.2. The van der Waals surface area contributed by atoms with Crippen LogP contribution in [0.3, 0.4) is 0 Å². The lowest BCUT2D eigenvalue weighted by Crippen LogP contribution is -2.18. The van der Waals surface area contributed by atoms with Crippen LogP contribution in [0.1, 0.15) is 21.6 Å². The van der Waals surface area contributed by atoms with Gasteiger partial charge < -0.3 is 4.90 Å². The summed E-state index contributed by atoms with van der Waals surface area (Å²) in [6, 6.07) is 19.5. The molecule has 0 fully saturated rings. The van der Waals surface area contributed by atoms with Crippen molar-refractivity contribution < 1.29 is 4.79 Å². The minimum Gasteiger partial charge on any atom is -0.313 e. The highest BCUT2D eigenvalue weighted by Gasteiger charge is 2.21. The fourth-order valence-electron chi connectivity index (χ4n) is 2.44. The van der Waals surface area contributed by atoms with Gasteiger partial charge in [-0.2, -0.15) is 5.26 Å². The maximum Gasteiger partial charge on any atom is 0.281 e. The topological polar surface area (TPSA) is 69.0 Å². The number of carbonyl (C=O) groups excluding carboxylic acids is 1. The van der Waals surface area contributed by atoms with Gasteiger partial charge in [0.1, 0.15) is 3.79 Å². The summed E-state index contributed by atoms with van der Waals surface area (Å²) in [7, 11) is 0. The van der Waals surface area contributed by atoms with Crippen molar-refractivity contribution in [1.29, 1.82) is 5.26 Å². The minimum atomic E-state index is -0.239. The van der Waals surface area contributed by atoms with E-state index in [1.807, 2.05) is 47.4 Å². The molecular weight excluding hydrogens is 444 g/mol. The molecule has 27 heavy (non-hydrogen) atoms. The van der Waals surface area contributed by atoms with Gasteiger partial charge in [-0.25, -0.2) is 4.98 Å². The Balaban J connectivity index is 2.00. The normalized spacial score (nSPS) is 10.3. The van der Waals surface area contributed by atoms with E-state index in [0.717, 1.165) is 11.3 Å². The Hall–Kier alpha value is -2.34. The standard InChI is InChI=1S/C19H15BrN4OS2/c1-26-23-18(25)16-17(20)27-19(22-16)24(12-14-5-3-2-4-6-14)15-9-7-13(11-21)8-10-15/h2-10H,12H2,1H3,(H,23,25). The van der Waals surface area contributed by atoms with Crippen LogP contribution < -0.4 is 9.62 Å². The Kier molecular flexibility index (Phi) is 6.50. The molecule has 0 aliphatic rings. The van der Waals surface area contributed by atoms with Crippen molar-refractivity contribution in [2.75, 3.05) is 11.2 Å². The molecule has 2 aromatic carbocycles. The first-order chi connectivity index (χ1) is 13.1. The highest BCUT2D eigenvalue weighted by molar-refractivity contribution is 9.11. The summed E-state index contributed by atoms with van der Waals surface area (Å²) in [6.07, 6.45) is 1.79. The molecule has 1 amide bonds. The van der Waals surface area contributed by atoms with Gasteiger partial charge in [-0.3, -0.25) is 9.52 Å². The average Bonchev–Trinajstić information content (AvgIpc) is 3.09. The Bertz CT molecular complexity index is 968. The van der Waals surface area contributed by atoms with E-state index in [1.165, 1.54) is 23.3 Å². The highest BCUT2D eigenvalue weighted by atomic mass is 79.9. The molecule has 0 atom stereocenters. The minimum absolute atomic E-state index is 0.239. The van der Waals surface area contributed by atoms with E-state index in [9.17, 15) is 4.79 Å². The first-order valence-corrected chi connectivity index (χ1v) is 10.8. The fourth-order valence-corrected chi connectivity index (χ4v) is 4.24. The number of hydrogen-bond acceptors (Lipinski definition) is 6. The predicted molar refractivity (Wildman–Crippen MR) is 114 cm³/mol. The van der Waals surface area contributed by atoms with Gasteiger partial charge in [0, 0.05) is 11.9 Å². The third-order valence-electron chi connectivity index (χ3n) is 3.71. The van der Waals surface area contributed by atoms with Crippen LogP contribution in [0.4, 0.5) is 10.8 Å². The molecule has 5 nitrogen and oxygen atoms in total. The first-order valence-electron chi connectivity index (χ1n) is 7.93. The van der Waals surface area contributed by atoms with Crippen LogP contribution in [0.2, 0.25) is 0 Å². The Morgan fingerprint density at radius 2 is 1.96 bits per heavy atom. The van der Waals surface area contributed by atoms with Crippen molar-refractivity contribution in [3.63, 3.8) is 0 Å². The smallest absolute Gasteiger partial charge is 0.281 e. The SMILES string of the molecule is CSNC(=O)c1nc(N(Cc2ccccc2)c2ccc(C#N)cc2)sc1Br. The number of halogens is 1. The number of anilines is 2. The number of nitriles is 1. The van der Waals surface area contributed by atoms with E-state index in [1.54, 1.807) is 18.4 Å². The Morgan fingerprint density at radius 1 is 1.26 bits per heavy atom. The summed E-state index contributed by atoms with van der Waals surface area (Å²) in [4.78, 5) is 18.8. The molecule has 1 heterocycles. The number of aromatic nitrogens is 1. The fraction of sp³-hybridized carbons (Fsp3) is 0.105. The molecule has 0 aliphatic carbocycles. The van der Waals surface area contributed by atoms with Gasteiger partial charge in [0.2, 0.25) is 0 Å². The largest absolute Gasteiger partial charge is 0.313 e. The summed E-state index contributed by atoms with van der Waals surface area (Å²) < 4.78 is 3.37. The van der Waals surface area contributed by atoms with Crippen molar-refractivity contribution in [2.24, 2.45) is 0 Å². The van der Waals surface area contributed by atoms with Gasteiger partial charge >= 0.3 is 0 Å². The summed E-state index contributed by atoms with van der Waals surface area (Å²) in [5.41, 5.74) is 2.97. The molecule has 0 aliphatic heterocycles. The van der Waals surface area contributed by atoms with Gasteiger partial charge in [0.05, 0.1) is 18.2 Å². The molecule has 1 aromatic heterocycles. The third-order valence-corrected chi connectivity index (χ3v) is 5.82. The lowest BCUT2D eigenvalue weighted by atomic mass is 10.2. The van der Waals surface area contributed by atoms with Crippen molar-refractivity contribution >= 4 is 55.9 Å². The van der Waals surface area contributed by atoms with E-state index in [0.29, 0.717) is 26.7 Å². The van der Waals surface area contributed by atoms with Crippen molar-refractivity contribution in [3.8, 4) is 6.07 Å². The van der Waals surface area contributed by atoms with Gasteiger partial charge in [0.15, 0.2) is 10.8 Å². The molecule has 0 spiro atoms. The summed E-state index contributed by atoms with van der Waals surface area (Å²) in [6.45, 7) is 0.594. The monoisotopic (exact) mass is 458 g/mol. The Labute approximate surface area is 174 Å². The number of benzene rings is 2. The maximum atomic E-state index is 12.2. The Morgan fingerprint density at radius 3 is 2.59 bits per heavy atom. The second kappa shape index (κ2) is 9.04. The number of hydrogen-bond donors (Lipinski definition) is 1. The third kappa shape index (κ3) is 4.69. The second-order valence-electron chi connectivity index (χ2n) is 5.48. The van der Waals surface area contributed by atoms with E-state index in [-0.39, 0.29) is 5.91 Å². The van der Waals surface area contributed by atoms with Gasteiger partial charge in [0.25, 0.3) is 5.91 Å². The van der Waals surface area contributed by atoms with Crippen LogP contribution in [0.5, 0.6) is 0 Å². The molecule has 0 radical (unpaired) electrons. The molecule has 3 aromatic rings.